The highest BCUT2D eigenvalue weighted by molar-refractivity contribution is 5.77. The van der Waals surface area contributed by atoms with Crippen LogP contribution in [0.3, 0.4) is 0 Å². The van der Waals surface area contributed by atoms with Crippen molar-refractivity contribution in [3.63, 3.8) is 0 Å². The summed E-state index contributed by atoms with van der Waals surface area (Å²) in [5.74, 6) is -0.215. The van der Waals surface area contributed by atoms with Crippen LogP contribution in [0.15, 0.2) is 18.2 Å². The molecule has 1 unspecified atom stereocenters. The van der Waals surface area contributed by atoms with Crippen LogP contribution in [0, 0.1) is 0 Å². The lowest BCUT2D eigenvalue weighted by molar-refractivity contribution is -0.138. The Bertz CT molecular complexity index is 458. The molecule has 1 aromatic rings. The molecule has 0 saturated heterocycles. The molecule has 0 aromatic heterocycles. The molecule has 0 spiro atoms. The van der Waals surface area contributed by atoms with E-state index in [1.165, 1.54) is 43.2 Å². The first-order valence-corrected chi connectivity index (χ1v) is 7.11. The predicted molar refractivity (Wildman–Crippen MR) is 71.0 cm³/mol. The van der Waals surface area contributed by atoms with Gasteiger partial charge in [0.05, 0.1) is 5.92 Å². The maximum absolute atomic E-state index is 11.2. The van der Waals surface area contributed by atoms with E-state index in [2.05, 4.69) is 18.2 Å². The zero-order valence-corrected chi connectivity index (χ0v) is 10.7. The Kier molecular flexibility index (Phi) is 3.11. The molecule has 1 fully saturated rings. The number of rotatable bonds is 2. The number of hydrogen-bond acceptors (Lipinski definition) is 1. The quantitative estimate of drug-likeness (QED) is 0.858. The van der Waals surface area contributed by atoms with Gasteiger partial charge in [0.2, 0.25) is 0 Å². The van der Waals surface area contributed by atoms with Gasteiger partial charge in [-0.1, -0.05) is 37.5 Å². The van der Waals surface area contributed by atoms with Crippen LogP contribution in [0.2, 0.25) is 0 Å². The van der Waals surface area contributed by atoms with E-state index in [-0.39, 0.29) is 5.92 Å². The molecule has 0 heterocycles. The summed E-state index contributed by atoms with van der Waals surface area (Å²) < 4.78 is 0. The van der Waals surface area contributed by atoms with Gasteiger partial charge in [0, 0.05) is 0 Å². The molecule has 96 valence electrons. The summed E-state index contributed by atoms with van der Waals surface area (Å²) in [6.07, 6.45) is 8.40. The number of carbonyl (C=O) groups is 1. The Morgan fingerprint density at radius 3 is 2.61 bits per heavy atom. The first kappa shape index (κ1) is 11.8. The molecule has 0 amide bonds. The fraction of sp³-hybridized carbons (Fsp3) is 0.562. The second kappa shape index (κ2) is 4.75. The van der Waals surface area contributed by atoms with Gasteiger partial charge in [-0.25, -0.2) is 0 Å². The van der Waals surface area contributed by atoms with E-state index >= 15 is 0 Å². The summed E-state index contributed by atoms with van der Waals surface area (Å²) in [5, 5.41) is 9.18. The van der Waals surface area contributed by atoms with Crippen LogP contribution in [0.25, 0.3) is 0 Å². The third kappa shape index (κ3) is 2.05. The van der Waals surface area contributed by atoms with E-state index in [0.717, 1.165) is 18.4 Å². The molecule has 18 heavy (non-hydrogen) atoms. The number of aliphatic carboxylic acids is 1. The minimum absolute atomic E-state index is 0.264. The van der Waals surface area contributed by atoms with Gasteiger partial charge >= 0.3 is 5.97 Å². The number of aryl methyl sites for hydroxylation is 1. The maximum atomic E-state index is 11.2. The van der Waals surface area contributed by atoms with Gasteiger partial charge in [-0.15, -0.1) is 0 Å². The number of hydrogen-bond donors (Lipinski definition) is 1. The highest BCUT2D eigenvalue weighted by atomic mass is 16.4. The van der Waals surface area contributed by atoms with Crippen molar-refractivity contribution in [1.29, 1.82) is 0 Å². The summed E-state index contributed by atoms with van der Waals surface area (Å²) in [7, 11) is 0. The molecule has 2 heteroatoms. The first-order valence-electron chi connectivity index (χ1n) is 7.11. The third-order valence-corrected chi connectivity index (χ3v) is 4.62. The lowest BCUT2D eigenvalue weighted by Crippen LogP contribution is -2.08. The van der Waals surface area contributed by atoms with E-state index in [1.54, 1.807) is 0 Å². The molecule has 1 atom stereocenters. The van der Waals surface area contributed by atoms with Gasteiger partial charge in [0.15, 0.2) is 0 Å². The summed E-state index contributed by atoms with van der Waals surface area (Å²) in [5.41, 5.74) is 3.78. The maximum Gasteiger partial charge on any atom is 0.310 e. The van der Waals surface area contributed by atoms with Crippen molar-refractivity contribution in [2.75, 3.05) is 0 Å². The number of carboxylic acid groups (broad SMARTS) is 1. The van der Waals surface area contributed by atoms with Crippen LogP contribution in [0.4, 0.5) is 0 Å². The van der Waals surface area contributed by atoms with Gasteiger partial charge in [0.1, 0.15) is 0 Å². The Balaban J connectivity index is 1.86. The molecule has 0 radical (unpaired) electrons. The molecule has 2 nitrogen and oxygen atoms in total. The zero-order chi connectivity index (χ0) is 12.5. The SMILES string of the molecule is O=C(O)C1CCc2cc(C3CCCCC3)ccc21. The molecule has 1 N–H and O–H groups in total. The Morgan fingerprint density at radius 2 is 1.89 bits per heavy atom. The molecular weight excluding hydrogens is 224 g/mol. The minimum atomic E-state index is -0.667. The average Bonchev–Trinajstić information content (AvgIpc) is 2.82. The largest absolute Gasteiger partial charge is 0.481 e. The van der Waals surface area contributed by atoms with E-state index in [4.69, 9.17) is 0 Å². The molecule has 1 aromatic carbocycles. The van der Waals surface area contributed by atoms with Crippen molar-refractivity contribution in [1.82, 2.24) is 0 Å². The molecule has 3 rings (SSSR count). The lowest BCUT2D eigenvalue weighted by atomic mass is 9.83. The molecule has 0 aliphatic heterocycles. The van der Waals surface area contributed by atoms with Gasteiger partial charge in [0.25, 0.3) is 0 Å². The number of benzene rings is 1. The Hall–Kier alpha value is -1.31. The topological polar surface area (TPSA) is 37.3 Å². The summed E-state index contributed by atoms with van der Waals surface area (Å²) >= 11 is 0. The summed E-state index contributed by atoms with van der Waals surface area (Å²) in [6, 6.07) is 6.54. The van der Waals surface area contributed by atoms with Crippen LogP contribution in [0.1, 0.15) is 67.1 Å². The van der Waals surface area contributed by atoms with Crippen molar-refractivity contribution >= 4 is 5.97 Å². The van der Waals surface area contributed by atoms with Crippen LogP contribution in [-0.4, -0.2) is 11.1 Å². The van der Waals surface area contributed by atoms with Gasteiger partial charge in [-0.05, 0) is 48.3 Å². The smallest absolute Gasteiger partial charge is 0.310 e. The molecule has 0 bridgehead atoms. The number of carboxylic acids is 1. The Morgan fingerprint density at radius 1 is 1.11 bits per heavy atom. The second-order valence-electron chi connectivity index (χ2n) is 5.72. The van der Waals surface area contributed by atoms with Crippen molar-refractivity contribution in [2.45, 2.75) is 56.8 Å². The van der Waals surface area contributed by atoms with Crippen LogP contribution >= 0.6 is 0 Å². The fourth-order valence-electron chi connectivity index (χ4n) is 3.58. The standard InChI is InChI=1S/C16H20O2/c17-16(18)15-9-7-13-10-12(6-8-14(13)15)11-4-2-1-3-5-11/h6,8,10-11,15H,1-5,7,9H2,(H,17,18). The molecule has 1 saturated carbocycles. The predicted octanol–water partition coefficient (Wildman–Crippen LogP) is 3.85. The van der Waals surface area contributed by atoms with E-state index in [0.29, 0.717) is 5.92 Å². The monoisotopic (exact) mass is 244 g/mol. The van der Waals surface area contributed by atoms with Crippen molar-refractivity contribution in [3.8, 4) is 0 Å². The van der Waals surface area contributed by atoms with Crippen molar-refractivity contribution in [3.05, 3.63) is 34.9 Å². The van der Waals surface area contributed by atoms with Crippen LogP contribution < -0.4 is 0 Å². The Labute approximate surface area is 108 Å². The molecule has 2 aliphatic rings. The van der Waals surface area contributed by atoms with E-state index in [9.17, 15) is 9.90 Å². The summed E-state index contributed by atoms with van der Waals surface area (Å²) in [6.45, 7) is 0. The third-order valence-electron chi connectivity index (χ3n) is 4.62. The number of fused-ring (bicyclic) bond motifs is 1. The van der Waals surface area contributed by atoms with E-state index in [1.807, 2.05) is 0 Å². The van der Waals surface area contributed by atoms with Gasteiger partial charge in [-0.2, -0.15) is 0 Å². The molecule has 2 aliphatic carbocycles. The average molecular weight is 244 g/mol. The van der Waals surface area contributed by atoms with E-state index < -0.39 is 5.97 Å². The first-order chi connectivity index (χ1) is 8.75. The normalized spacial score (nSPS) is 23.9. The van der Waals surface area contributed by atoms with Gasteiger partial charge in [-0.3, -0.25) is 4.79 Å². The van der Waals surface area contributed by atoms with Crippen LogP contribution in [-0.2, 0) is 11.2 Å². The zero-order valence-electron chi connectivity index (χ0n) is 10.7. The van der Waals surface area contributed by atoms with Crippen molar-refractivity contribution < 1.29 is 9.90 Å². The highest BCUT2D eigenvalue weighted by Crippen LogP contribution is 2.38. The summed E-state index contributed by atoms with van der Waals surface area (Å²) in [4.78, 5) is 11.2. The molecular formula is C16H20O2. The lowest BCUT2D eigenvalue weighted by Gasteiger charge is -2.22. The fourth-order valence-corrected chi connectivity index (χ4v) is 3.58. The highest BCUT2D eigenvalue weighted by Gasteiger charge is 2.29. The van der Waals surface area contributed by atoms with Crippen molar-refractivity contribution in [2.24, 2.45) is 0 Å². The van der Waals surface area contributed by atoms with Gasteiger partial charge < -0.3 is 5.11 Å². The van der Waals surface area contributed by atoms with Crippen LogP contribution in [0.5, 0.6) is 0 Å². The second-order valence-corrected chi connectivity index (χ2v) is 5.72. The minimum Gasteiger partial charge on any atom is -0.481 e.